The largest absolute Gasteiger partial charge is 0.463 e. The van der Waals surface area contributed by atoms with Crippen LogP contribution in [0.4, 0.5) is 11.4 Å². The molecule has 2 aliphatic rings. The lowest BCUT2D eigenvalue weighted by Crippen LogP contribution is -2.36. The number of nitrogens with zero attached hydrogens (tertiary/aromatic N) is 2. The number of rotatable bonds is 6. The van der Waals surface area contributed by atoms with Crippen molar-refractivity contribution >= 4 is 40.9 Å². The molecule has 2 heterocycles. The van der Waals surface area contributed by atoms with Gasteiger partial charge in [0.1, 0.15) is 6.54 Å². The van der Waals surface area contributed by atoms with Gasteiger partial charge in [-0.25, -0.2) is 4.79 Å². The summed E-state index contributed by atoms with van der Waals surface area (Å²) >= 11 is 1.24. The third-order valence-electron chi connectivity index (χ3n) is 4.53. The van der Waals surface area contributed by atoms with Crippen molar-refractivity contribution in [2.75, 3.05) is 49.7 Å². The van der Waals surface area contributed by atoms with Gasteiger partial charge in [0.15, 0.2) is 0 Å². The molecular formula is C20H25N3O5S. The number of amides is 2. The fourth-order valence-corrected chi connectivity index (χ4v) is 4.13. The smallest absolute Gasteiger partial charge is 0.333 e. The summed E-state index contributed by atoms with van der Waals surface area (Å²) in [6.07, 6.45) is 1.26. The van der Waals surface area contributed by atoms with E-state index >= 15 is 0 Å². The summed E-state index contributed by atoms with van der Waals surface area (Å²) in [5.74, 6) is -1.06. The number of benzene rings is 1. The number of morpholine rings is 1. The average molecular weight is 420 g/mol. The van der Waals surface area contributed by atoms with Crippen LogP contribution >= 0.6 is 11.8 Å². The van der Waals surface area contributed by atoms with Crippen molar-refractivity contribution in [1.82, 2.24) is 4.90 Å². The normalized spacial score (nSPS) is 20.8. The monoisotopic (exact) mass is 419 g/mol. The van der Waals surface area contributed by atoms with Crippen molar-refractivity contribution < 1.29 is 23.9 Å². The second-order valence-corrected chi connectivity index (χ2v) is 7.97. The summed E-state index contributed by atoms with van der Waals surface area (Å²) < 4.78 is 10.3. The Hall–Kier alpha value is -2.52. The molecule has 1 aromatic rings. The Labute approximate surface area is 174 Å². The van der Waals surface area contributed by atoms with E-state index in [4.69, 9.17) is 9.47 Å². The number of hydrogen-bond acceptors (Lipinski definition) is 7. The van der Waals surface area contributed by atoms with Crippen LogP contribution in [0.25, 0.3) is 0 Å². The van der Waals surface area contributed by atoms with E-state index in [1.54, 1.807) is 13.8 Å². The molecule has 0 aliphatic carbocycles. The van der Waals surface area contributed by atoms with Crippen molar-refractivity contribution in [1.29, 1.82) is 0 Å². The van der Waals surface area contributed by atoms with Gasteiger partial charge in [0.05, 0.1) is 36.2 Å². The molecule has 1 aromatic carbocycles. The number of hydrogen-bond donors (Lipinski definition) is 1. The Kier molecular flexibility index (Phi) is 7.16. The van der Waals surface area contributed by atoms with Crippen molar-refractivity contribution in [2.24, 2.45) is 0 Å². The molecular weight excluding hydrogens is 394 g/mol. The Morgan fingerprint density at radius 2 is 1.97 bits per heavy atom. The Balaban J connectivity index is 1.61. The molecule has 2 aliphatic heterocycles. The molecule has 0 spiro atoms. The van der Waals surface area contributed by atoms with E-state index in [2.05, 4.69) is 10.2 Å². The van der Waals surface area contributed by atoms with Crippen LogP contribution in [0.3, 0.4) is 0 Å². The Morgan fingerprint density at radius 3 is 2.62 bits per heavy atom. The van der Waals surface area contributed by atoms with E-state index in [-0.39, 0.29) is 30.2 Å². The van der Waals surface area contributed by atoms with Crippen molar-refractivity contribution in [3.63, 3.8) is 0 Å². The summed E-state index contributed by atoms with van der Waals surface area (Å²) in [6, 6.07) is 7.57. The van der Waals surface area contributed by atoms with Crippen LogP contribution in [0.1, 0.15) is 13.8 Å². The molecule has 1 atom stereocenters. The van der Waals surface area contributed by atoms with E-state index in [1.807, 2.05) is 24.3 Å². The molecule has 9 heteroatoms. The lowest BCUT2D eigenvalue weighted by molar-refractivity contribution is -0.137. The molecule has 2 amide bonds. The van der Waals surface area contributed by atoms with Gasteiger partial charge < -0.3 is 19.7 Å². The van der Waals surface area contributed by atoms with Gasteiger partial charge in [-0.05, 0) is 38.1 Å². The van der Waals surface area contributed by atoms with E-state index in [0.29, 0.717) is 23.9 Å². The number of thioether (sulfide) groups is 1. The van der Waals surface area contributed by atoms with E-state index < -0.39 is 5.97 Å². The van der Waals surface area contributed by atoms with Gasteiger partial charge in [-0.3, -0.25) is 14.5 Å². The van der Waals surface area contributed by atoms with Crippen LogP contribution in [-0.2, 0) is 23.9 Å². The maximum Gasteiger partial charge on any atom is 0.333 e. The van der Waals surface area contributed by atoms with Crippen molar-refractivity contribution in [2.45, 2.75) is 19.1 Å². The second kappa shape index (κ2) is 9.80. The van der Waals surface area contributed by atoms with Gasteiger partial charge in [-0.15, -0.1) is 0 Å². The van der Waals surface area contributed by atoms with Gasteiger partial charge in [-0.2, -0.15) is 0 Å². The molecule has 29 heavy (non-hydrogen) atoms. The number of ether oxygens (including phenoxy) is 2. The van der Waals surface area contributed by atoms with E-state index in [1.165, 1.54) is 22.7 Å². The average Bonchev–Trinajstić information content (AvgIpc) is 2.96. The molecule has 1 N–H and O–H groups in total. The maximum atomic E-state index is 12.5. The quantitative estimate of drug-likeness (QED) is 0.556. The van der Waals surface area contributed by atoms with Crippen LogP contribution in [0.5, 0.6) is 0 Å². The zero-order chi connectivity index (χ0) is 20.8. The van der Waals surface area contributed by atoms with E-state index in [0.717, 1.165) is 18.8 Å². The minimum absolute atomic E-state index is 0.160. The summed E-state index contributed by atoms with van der Waals surface area (Å²) in [5, 5.41) is 2.88. The van der Waals surface area contributed by atoms with Crippen LogP contribution in [0, 0.1) is 0 Å². The van der Waals surface area contributed by atoms with Gasteiger partial charge in [0.25, 0.3) is 0 Å². The summed E-state index contributed by atoms with van der Waals surface area (Å²) in [7, 11) is 0. The standard InChI is InChI=1S/C20H25N3O5S/c1-3-28-19(25)12-18-23(20(26)14(2)29-18)13-17(24)21-15-4-6-16(7-5-15)22-8-10-27-11-9-22/h4-7,12,14H,3,8-11,13H2,1-2H3,(H,21,24). The van der Waals surface area contributed by atoms with Crippen LogP contribution in [0.2, 0.25) is 0 Å². The first-order valence-corrected chi connectivity index (χ1v) is 10.4. The molecule has 0 aromatic heterocycles. The zero-order valence-corrected chi connectivity index (χ0v) is 17.4. The highest BCUT2D eigenvalue weighted by atomic mass is 32.2. The molecule has 2 saturated heterocycles. The first kappa shape index (κ1) is 21.2. The Morgan fingerprint density at radius 1 is 1.28 bits per heavy atom. The van der Waals surface area contributed by atoms with Gasteiger partial charge in [0, 0.05) is 24.5 Å². The molecule has 156 valence electrons. The number of carbonyl (C=O) groups is 3. The number of nitrogens with one attached hydrogen (secondary N) is 1. The van der Waals surface area contributed by atoms with Crippen LogP contribution in [0.15, 0.2) is 35.4 Å². The number of esters is 1. The summed E-state index contributed by atoms with van der Waals surface area (Å²) in [5.41, 5.74) is 1.72. The molecule has 0 bridgehead atoms. The molecule has 8 nitrogen and oxygen atoms in total. The third kappa shape index (κ3) is 5.51. The highest BCUT2D eigenvalue weighted by molar-refractivity contribution is 8.04. The summed E-state index contributed by atoms with van der Waals surface area (Å²) in [6.45, 7) is 6.64. The zero-order valence-electron chi connectivity index (χ0n) is 16.6. The fraction of sp³-hybridized carbons (Fsp3) is 0.450. The topological polar surface area (TPSA) is 88.2 Å². The lowest BCUT2D eigenvalue weighted by atomic mass is 10.2. The minimum atomic E-state index is -0.527. The second-order valence-electron chi connectivity index (χ2n) is 6.61. The third-order valence-corrected chi connectivity index (χ3v) is 5.67. The fourth-order valence-electron chi connectivity index (χ4n) is 3.10. The SMILES string of the molecule is CCOC(=O)C=C1SC(C)C(=O)N1CC(=O)Nc1ccc(N2CCOCC2)cc1. The number of carbonyl (C=O) groups excluding carboxylic acids is 3. The highest BCUT2D eigenvalue weighted by Gasteiger charge is 2.35. The Bertz CT molecular complexity index is 790. The molecule has 3 rings (SSSR count). The van der Waals surface area contributed by atoms with Crippen LogP contribution < -0.4 is 10.2 Å². The highest BCUT2D eigenvalue weighted by Crippen LogP contribution is 2.34. The van der Waals surface area contributed by atoms with Crippen molar-refractivity contribution in [3.05, 3.63) is 35.4 Å². The van der Waals surface area contributed by atoms with Crippen LogP contribution in [-0.4, -0.2) is 67.4 Å². The minimum Gasteiger partial charge on any atom is -0.463 e. The van der Waals surface area contributed by atoms with Gasteiger partial charge >= 0.3 is 5.97 Å². The predicted molar refractivity (Wildman–Crippen MR) is 112 cm³/mol. The molecule has 1 unspecified atom stereocenters. The first-order valence-electron chi connectivity index (χ1n) is 9.57. The van der Waals surface area contributed by atoms with Gasteiger partial charge in [-0.1, -0.05) is 11.8 Å². The lowest BCUT2D eigenvalue weighted by Gasteiger charge is -2.28. The molecule has 0 saturated carbocycles. The maximum absolute atomic E-state index is 12.5. The van der Waals surface area contributed by atoms with Gasteiger partial charge in [0.2, 0.25) is 11.8 Å². The van der Waals surface area contributed by atoms with E-state index in [9.17, 15) is 14.4 Å². The molecule has 0 radical (unpaired) electrons. The van der Waals surface area contributed by atoms with Crippen molar-refractivity contribution in [3.8, 4) is 0 Å². The number of anilines is 2. The predicted octanol–water partition coefficient (Wildman–Crippen LogP) is 1.83. The first-order chi connectivity index (χ1) is 14.0. The summed E-state index contributed by atoms with van der Waals surface area (Å²) in [4.78, 5) is 40.1. The molecule has 2 fully saturated rings.